The average molecular weight is 236 g/mol. The number of hydrogen-bond donors (Lipinski definition) is 2. The van der Waals surface area contributed by atoms with Crippen molar-refractivity contribution >= 4 is 27.8 Å². The first-order valence-electron chi connectivity index (χ1n) is 3.34. The van der Waals surface area contributed by atoms with Crippen molar-refractivity contribution in [2.24, 2.45) is 0 Å². The van der Waals surface area contributed by atoms with Gasteiger partial charge in [0.2, 0.25) is 5.91 Å². The maximum Gasteiger partial charge on any atom is 0.322 e. The summed E-state index contributed by atoms with van der Waals surface area (Å²) >= 11 is 3.09. The lowest BCUT2D eigenvalue weighted by Gasteiger charge is -2.00. The zero-order valence-corrected chi connectivity index (χ0v) is 8.06. The number of hydrogen-bond acceptors (Lipinski definition) is 2. The Bertz CT molecular complexity index is 183. The van der Waals surface area contributed by atoms with Crippen LogP contribution in [0, 0.1) is 0 Å². The summed E-state index contributed by atoms with van der Waals surface area (Å²) in [7, 11) is 0. The molecule has 0 bridgehead atoms. The molecular formula is C7H10BrNO3. The summed E-state index contributed by atoms with van der Waals surface area (Å²) in [4.78, 5) is 20.8. The van der Waals surface area contributed by atoms with E-state index in [0.29, 0.717) is 6.42 Å². The van der Waals surface area contributed by atoms with E-state index in [1.54, 1.807) is 0 Å². The van der Waals surface area contributed by atoms with E-state index in [9.17, 15) is 9.59 Å². The Morgan fingerprint density at radius 2 is 2.00 bits per heavy atom. The topological polar surface area (TPSA) is 66.4 Å². The van der Waals surface area contributed by atoms with Gasteiger partial charge in [0.25, 0.3) is 0 Å². The summed E-state index contributed by atoms with van der Waals surface area (Å²) in [6.07, 6.45) is 0.781. The first kappa shape index (κ1) is 11.2. The van der Waals surface area contributed by atoms with Gasteiger partial charge in [-0.25, -0.2) is 0 Å². The molecule has 2 N–H and O–H groups in total. The van der Waals surface area contributed by atoms with E-state index in [2.05, 4.69) is 27.8 Å². The normalized spacial score (nSPS) is 9.08. The molecule has 4 nitrogen and oxygen atoms in total. The minimum Gasteiger partial charge on any atom is -0.480 e. The Hall–Kier alpha value is -0.840. The lowest BCUT2D eigenvalue weighted by atomic mass is 10.3. The van der Waals surface area contributed by atoms with Crippen molar-refractivity contribution in [3.63, 3.8) is 0 Å². The van der Waals surface area contributed by atoms with E-state index in [1.807, 2.05) is 0 Å². The van der Waals surface area contributed by atoms with Crippen molar-refractivity contribution in [3.8, 4) is 0 Å². The second-order valence-electron chi connectivity index (χ2n) is 2.19. The molecule has 0 fully saturated rings. The number of carbonyl (C=O) groups is 2. The average Bonchev–Trinajstić information content (AvgIpc) is 1.96. The van der Waals surface area contributed by atoms with Crippen molar-refractivity contribution in [3.05, 3.63) is 11.1 Å². The van der Waals surface area contributed by atoms with Crippen LogP contribution in [0.2, 0.25) is 0 Å². The summed E-state index contributed by atoms with van der Waals surface area (Å²) < 4.78 is 0.730. The number of allylic oxidation sites excluding steroid dienone is 1. The molecule has 0 heterocycles. The number of amides is 1. The van der Waals surface area contributed by atoms with Crippen LogP contribution < -0.4 is 5.32 Å². The number of carbonyl (C=O) groups excluding carboxylic acids is 1. The molecule has 1 amide bonds. The van der Waals surface area contributed by atoms with E-state index in [-0.39, 0.29) is 18.9 Å². The molecule has 0 unspecified atom stereocenters. The Morgan fingerprint density at radius 1 is 1.42 bits per heavy atom. The minimum absolute atomic E-state index is 0.261. The van der Waals surface area contributed by atoms with E-state index >= 15 is 0 Å². The number of aliphatic carboxylic acids is 1. The highest BCUT2D eigenvalue weighted by molar-refractivity contribution is 9.11. The molecule has 0 rings (SSSR count). The second kappa shape index (κ2) is 5.77. The number of rotatable bonds is 5. The predicted molar refractivity (Wildman–Crippen MR) is 47.9 cm³/mol. The third-order valence-electron chi connectivity index (χ3n) is 1.06. The molecule has 5 heteroatoms. The van der Waals surface area contributed by atoms with Crippen molar-refractivity contribution < 1.29 is 14.7 Å². The quantitative estimate of drug-likeness (QED) is 0.744. The Labute approximate surface area is 78.8 Å². The molecule has 0 aromatic heterocycles. The molecule has 0 saturated heterocycles. The van der Waals surface area contributed by atoms with Crippen LogP contribution >= 0.6 is 15.9 Å². The van der Waals surface area contributed by atoms with Crippen LogP contribution in [0.25, 0.3) is 0 Å². The third kappa shape index (κ3) is 7.27. The molecule has 0 aromatic carbocycles. The number of carboxylic acid groups (broad SMARTS) is 1. The monoisotopic (exact) mass is 235 g/mol. The fourth-order valence-electron chi connectivity index (χ4n) is 0.512. The SMILES string of the molecule is C=C(Br)CCC(=O)NCC(=O)O. The molecule has 0 aliphatic heterocycles. The van der Waals surface area contributed by atoms with Crippen LogP contribution in [0.5, 0.6) is 0 Å². The van der Waals surface area contributed by atoms with Gasteiger partial charge in [-0.15, -0.1) is 0 Å². The van der Waals surface area contributed by atoms with Gasteiger partial charge in [0.15, 0.2) is 0 Å². The molecule has 0 aromatic rings. The minimum atomic E-state index is -1.04. The summed E-state index contributed by atoms with van der Waals surface area (Å²) in [6, 6.07) is 0. The Kier molecular flexibility index (Phi) is 5.36. The number of halogens is 1. The van der Waals surface area contributed by atoms with Crippen LogP contribution in [0.4, 0.5) is 0 Å². The van der Waals surface area contributed by atoms with Crippen molar-refractivity contribution in [2.45, 2.75) is 12.8 Å². The first-order chi connectivity index (χ1) is 5.52. The van der Waals surface area contributed by atoms with Crippen molar-refractivity contribution in [1.29, 1.82) is 0 Å². The van der Waals surface area contributed by atoms with Gasteiger partial charge in [0.05, 0.1) is 0 Å². The summed E-state index contributed by atoms with van der Waals surface area (Å²) in [6.45, 7) is 3.22. The highest BCUT2D eigenvalue weighted by atomic mass is 79.9. The standard InChI is InChI=1S/C7H10BrNO3/c1-5(8)2-3-6(10)9-4-7(11)12/h1-4H2,(H,9,10)(H,11,12). The lowest BCUT2D eigenvalue weighted by molar-refractivity contribution is -0.137. The highest BCUT2D eigenvalue weighted by Crippen LogP contribution is 2.08. The molecule has 0 aliphatic carbocycles. The van der Waals surface area contributed by atoms with Crippen LogP contribution in [-0.4, -0.2) is 23.5 Å². The van der Waals surface area contributed by atoms with Crippen LogP contribution in [0.1, 0.15) is 12.8 Å². The molecule has 0 radical (unpaired) electrons. The van der Waals surface area contributed by atoms with Crippen LogP contribution in [-0.2, 0) is 9.59 Å². The fourth-order valence-corrected chi connectivity index (χ4v) is 0.710. The van der Waals surface area contributed by atoms with E-state index < -0.39 is 5.97 Å². The van der Waals surface area contributed by atoms with Crippen molar-refractivity contribution in [1.82, 2.24) is 5.32 Å². The number of carboxylic acids is 1. The highest BCUT2D eigenvalue weighted by Gasteiger charge is 2.03. The first-order valence-corrected chi connectivity index (χ1v) is 4.13. The Morgan fingerprint density at radius 3 is 2.42 bits per heavy atom. The molecule has 68 valence electrons. The molecular weight excluding hydrogens is 226 g/mol. The molecule has 12 heavy (non-hydrogen) atoms. The van der Waals surface area contributed by atoms with Gasteiger partial charge in [-0.3, -0.25) is 9.59 Å². The van der Waals surface area contributed by atoms with E-state index in [0.717, 1.165) is 4.48 Å². The summed E-state index contributed by atoms with van der Waals surface area (Å²) in [5.74, 6) is -1.32. The van der Waals surface area contributed by atoms with E-state index in [4.69, 9.17) is 5.11 Å². The van der Waals surface area contributed by atoms with Gasteiger partial charge in [-0.05, 0) is 10.9 Å². The van der Waals surface area contributed by atoms with Gasteiger partial charge >= 0.3 is 5.97 Å². The van der Waals surface area contributed by atoms with Crippen LogP contribution in [0.3, 0.4) is 0 Å². The maximum atomic E-state index is 10.8. The molecule has 0 spiro atoms. The molecule has 0 atom stereocenters. The van der Waals surface area contributed by atoms with Crippen LogP contribution in [0.15, 0.2) is 11.1 Å². The van der Waals surface area contributed by atoms with Gasteiger partial charge in [0.1, 0.15) is 6.54 Å². The van der Waals surface area contributed by atoms with Gasteiger partial charge in [-0.1, -0.05) is 22.5 Å². The maximum absolute atomic E-state index is 10.8. The van der Waals surface area contributed by atoms with Gasteiger partial charge in [-0.2, -0.15) is 0 Å². The van der Waals surface area contributed by atoms with Gasteiger partial charge < -0.3 is 10.4 Å². The lowest BCUT2D eigenvalue weighted by Crippen LogP contribution is -2.28. The van der Waals surface area contributed by atoms with Crippen molar-refractivity contribution in [2.75, 3.05) is 6.54 Å². The molecule has 0 aliphatic rings. The van der Waals surface area contributed by atoms with E-state index in [1.165, 1.54) is 0 Å². The second-order valence-corrected chi connectivity index (χ2v) is 3.31. The third-order valence-corrected chi connectivity index (χ3v) is 1.46. The summed E-state index contributed by atoms with van der Waals surface area (Å²) in [5.41, 5.74) is 0. The smallest absolute Gasteiger partial charge is 0.322 e. The Balaban J connectivity index is 3.47. The molecule has 0 saturated carbocycles. The zero-order valence-electron chi connectivity index (χ0n) is 6.47. The predicted octanol–water partition coefficient (Wildman–Crippen LogP) is 0.876. The number of nitrogens with one attached hydrogen (secondary N) is 1. The summed E-state index contributed by atoms with van der Waals surface area (Å²) in [5, 5.41) is 10.4. The fraction of sp³-hybridized carbons (Fsp3) is 0.429. The zero-order chi connectivity index (χ0) is 9.56. The van der Waals surface area contributed by atoms with Gasteiger partial charge in [0, 0.05) is 6.42 Å². The largest absolute Gasteiger partial charge is 0.480 e.